The first-order valence-electron chi connectivity index (χ1n) is 26.0. The maximum absolute atomic E-state index is 12.0. The minimum atomic E-state index is -1.04. The summed E-state index contributed by atoms with van der Waals surface area (Å²) in [5, 5.41) is 29.4. The summed E-state index contributed by atoms with van der Waals surface area (Å²) in [6.07, 6.45) is 4.98. The summed E-state index contributed by atoms with van der Waals surface area (Å²) in [6.45, 7) is 0. The molecule has 9 nitrogen and oxygen atoms in total. The van der Waals surface area contributed by atoms with Gasteiger partial charge >= 0.3 is 17.9 Å². The van der Waals surface area contributed by atoms with Gasteiger partial charge in [0.2, 0.25) is 0 Å². The van der Waals surface area contributed by atoms with Gasteiger partial charge in [-0.25, -0.2) is 29.3 Å². The molecule has 12 rings (SSSR count). The van der Waals surface area contributed by atoms with E-state index in [0.29, 0.717) is 16.7 Å². The van der Waals surface area contributed by atoms with Crippen LogP contribution in [0.1, 0.15) is 31.5 Å². The van der Waals surface area contributed by atoms with Crippen molar-refractivity contribution in [1.29, 1.82) is 0 Å². The Bertz CT molecular complexity index is 3660. The van der Waals surface area contributed by atoms with Gasteiger partial charge < -0.3 is 15.3 Å². The molecule has 1 radical (unpaired) electrons. The van der Waals surface area contributed by atoms with Crippen molar-refractivity contribution in [2.45, 2.75) is 0 Å². The quantitative estimate of drug-likeness (QED) is 0.109. The molecule has 0 spiro atoms. The number of carbonyl (C=O) groups is 3. The van der Waals surface area contributed by atoms with Crippen molar-refractivity contribution < 1.29 is 49.8 Å². The van der Waals surface area contributed by atoms with E-state index in [4.69, 9.17) is 0 Å². The number of carboxylic acid groups (broad SMARTS) is 3. The van der Waals surface area contributed by atoms with Gasteiger partial charge in [-0.2, -0.15) is 0 Å². The number of nitrogens with zero attached hydrogens (tertiary/aromatic N) is 3. The number of pyridine rings is 3. The third-order valence-corrected chi connectivity index (χ3v) is 13.5. The topological polar surface area (TPSA) is 151 Å². The fourth-order valence-electron chi connectivity index (χ4n) is 9.90. The molecule has 10 heteroatoms. The Morgan fingerprint density at radius 1 is 0.220 bits per heavy atom. The zero-order chi connectivity index (χ0) is 55.9. The third-order valence-electron chi connectivity index (χ3n) is 13.5. The molecule has 0 amide bonds. The van der Waals surface area contributed by atoms with Gasteiger partial charge in [0, 0.05) is 88.8 Å². The molecule has 0 saturated heterocycles. The first-order valence-corrected chi connectivity index (χ1v) is 26.0. The number of aromatic carboxylic acids is 3. The molecule has 0 bridgehead atoms. The largest absolute Gasteiger partial charge is 0.476 e. The molecule has 399 valence electrons. The Balaban J connectivity index is 0.000000147. The zero-order valence-electron chi connectivity index (χ0n) is 44.0. The molecule has 0 saturated carbocycles. The van der Waals surface area contributed by atoms with Gasteiger partial charge in [0.05, 0.1) is 0 Å². The van der Waals surface area contributed by atoms with Crippen LogP contribution in [0.3, 0.4) is 0 Å². The van der Waals surface area contributed by atoms with E-state index in [1.165, 1.54) is 0 Å². The fourth-order valence-corrected chi connectivity index (χ4v) is 9.90. The van der Waals surface area contributed by atoms with Crippen molar-refractivity contribution in [3.63, 3.8) is 0 Å². The molecule has 12 aromatic rings. The average Bonchev–Trinajstić information content (AvgIpc) is 3.64. The molecule has 0 fully saturated rings. The molecule has 3 heterocycles. The first-order chi connectivity index (χ1) is 39.8. The van der Waals surface area contributed by atoms with Crippen LogP contribution in [0.2, 0.25) is 0 Å². The second kappa shape index (κ2) is 26.9. The molecule has 0 aliphatic carbocycles. The summed E-state index contributed by atoms with van der Waals surface area (Å²) >= 11 is 0. The molecule has 0 aliphatic rings. The third kappa shape index (κ3) is 12.7. The number of carboxylic acids is 3. The van der Waals surface area contributed by atoms with Crippen LogP contribution in [0.15, 0.2) is 292 Å². The summed E-state index contributed by atoms with van der Waals surface area (Å²) in [5.74, 6) is -3.11. The van der Waals surface area contributed by atoms with Gasteiger partial charge in [-0.15, -0.1) is 0 Å². The summed E-state index contributed by atoms with van der Waals surface area (Å²) in [7, 11) is 0. The Hall–Kier alpha value is -10.5. The van der Waals surface area contributed by atoms with Gasteiger partial charge in [0.15, 0.2) is 17.1 Å². The Labute approximate surface area is 488 Å². The van der Waals surface area contributed by atoms with Crippen molar-refractivity contribution in [3.8, 4) is 100 Å². The van der Waals surface area contributed by atoms with Gasteiger partial charge in [0.25, 0.3) is 0 Å². The van der Waals surface area contributed by atoms with Crippen LogP contribution in [0, 0.1) is 0 Å². The smallest absolute Gasteiger partial charge is 0.355 e. The predicted molar refractivity (Wildman–Crippen MR) is 323 cm³/mol. The van der Waals surface area contributed by atoms with E-state index in [1.807, 2.05) is 273 Å². The van der Waals surface area contributed by atoms with Gasteiger partial charge in [-0.3, -0.25) is 0 Å². The molecular weight excluding hydrogens is 1200 g/mol. The normalized spacial score (nSPS) is 10.4. The van der Waals surface area contributed by atoms with E-state index in [-0.39, 0.29) is 37.2 Å². The Kier molecular flexibility index (Phi) is 18.4. The summed E-state index contributed by atoms with van der Waals surface area (Å²) in [6, 6.07) is 88.1. The standard InChI is InChI=1S/3C24H17NO2.Ir/c3*26-24(27)23-22(19-14-8-3-9-15-19)21(18-12-6-2-7-13-18)20(16-25-23)17-10-4-1-5-11-17;/h3*1-16H,(H,26,27);. The number of rotatable bonds is 12. The molecule has 3 N–H and O–H groups in total. The molecule has 0 aliphatic heterocycles. The van der Waals surface area contributed by atoms with Crippen LogP contribution in [-0.4, -0.2) is 48.2 Å². The van der Waals surface area contributed by atoms with Crippen molar-refractivity contribution in [2.24, 2.45) is 0 Å². The minimum absolute atomic E-state index is 0. The minimum Gasteiger partial charge on any atom is -0.476 e. The maximum Gasteiger partial charge on any atom is 0.355 e. The van der Waals surface area contributed by atoms with Crippen molar-refractivity contribution in [1.82, 2.24) is 15.0 Å². The number of hydrogen-bond donors (Lipinski definition) is 3. The van der Waals surface area contributed by atoms with E-state index in [0.717, 1.165) is 83.5 Å². The number of hydrogen-bond acceptors (Lipinski definition) is 6. The van der Waals surface area contributed by atoms with Crippen LogP contribution in [-0.2, 0) is 20.1 Å². The Morgan fingerprint density at radius 3 is 0.524 bits per heavy atom. The van der Waals surface area contributed by atoms with E-state index in [2.05, 4.69) is 15.0 Å². The molecule has 82 heavy (non-hydrogen) atoms. The van der Waals surface area contributed by atoms with Crippen LogP contribution in [0.4, 0.5) is 0 Å². The molecule has 9 aromatic carbocycles. The van der Waals surface area contributed by atoms with Gasteiger partial charge in [-0.05, 0) is 50.1 Å². The average molecular weight is 1250 g/mol. The van der Waals surface area contributed by atoms with Gasteiger partial charge in [-0.1, -0.05) is 273 Å². The summed E-state index contributed by atoms with van der Waals surface area (Å²) in [4.78, 5) is 48.8. The van der Waals surface area contributed by atoms with Crippen molar-refractivity contribution >= 4 is 17.9 Å². The van der Waals surface area contributed by atoms with Crippen LogP contribution in [0.5, 0.6) is 0 Å². The summed E-state index contributed by atoms with van der Waals surface area (Å²) < 4.78 is 0. The van der Waals surface area contributed by atoms with E-state index < -0.39 is 17.9 Å². The molecule has 0 atom stereocenters. The van der Waals surface area contributed by atoms with E-state index >= 15 is 0 Å². The van der Waals surface area contributed by atoms with E-state index in [1.54, 1.807) is 18.6 Å². The number of benzene rings is 9. The maximum atomic E-state index is 12.0. The number of aromatic nitrogens is 3. The monoisotopic (exact) mass is 1250 g/mol. The zero-order valence-corrected chi connectivity index (χ0v) is 46.3. The molecule has 3 aromatic heterocycles. The Morgan fingerprint density at radius 2 is 0.366 bits per heavy atom. The van der Waals surface area contributed by atoms with Crippen LogP contribution < -0.4 is 0 Å². The molecule has 0 unspecified atom stereocenters. The summed E-state index contributed by atoms with van der Waals surface area (Å²) in [5.41, 5.74) is 15.8. The second-order valence-electron chi connectivity index (χ2n) is 18.5. The molecular formula is C72H51IrN3O6. The van der Waals surface area contributed by atoms with Crippen molar-refractivity contribution in [2.75, 3.05) is 0 Å². The van der Waals surface area contributed by atoms with Gasteiger partial charge in [0.1, 0.15) is 0 Å². The van der Waals surface area contributed by atoms with Crippen LogP contribution >= 0.6 is 0 Å². The van der Waals surface area contributed by atoms with E-state index in [9.17, 15) is 29.7 Å². The first kappa shape index (κ1) is 56.2. The fraction of sp³-hybridized carbons (Fsp3) is 0. The SMILES string of the molecule is O=C(O)c1ncc(-c2ccccc2)c(-c2ccccc2)c1-c1ccccc1.O=C(O)c1ncc(-c2ccccc2)c(-c2ccccc2)c1-c1ccccc1.O=C(O)c1ncc(-c2ccccc2)c(-c2ccccc2)c1-c1ccccc1.[Ir]. The van der Waals surface area contributed by atoms with Crippen molar-refractivity contribution in [3.05, 3.63) is 309 Å². The predicted octanol–water partition coefficient (Wildman–Crippen LogP) is 17.3. The van der Waals surface area contributed by atoms with Crippen LogP contribution in [0.25, 0.3) is 100 Å². The second-order valence-corrected chi connectivity index (χ2v) is 18.5.